The minimum absolute atomic E-state index is 0.255. The van der Waals surface area contributed by atoms with Crippen molar-refractivity contribution in [1.82, 2.24) is 0 Å². The lowest BCUT2D eigenvalue weighted by Gasteiger charge is -2.38. The molecule has 120 valence electrons. The Morgan fingerprint density at radius 3 is 1.48 bits per heavy atom. The molecule has 2 N–H and O–H groups in total. The standard InChI is InChI=1S/C12H24N6O3/c1-11(2,5-9(7-19)15-17-13)21-12(3,4)6-10(8-20)16-18-14/h9-10,19-20H,5-8H2,1-4H3. The van der Waals surface area contributed by atoms with Crippen LogP contribution < -0.4 is 0 Å². The number of hydrogen-bond donors (Lipinski definition) is 2. The van der Waals surface area contributed by atoms with Crippen LogP contribution in [-0.4, -0.2) is 46.7 Å². The van der Waals surface area contributed by atoms with E-state index in [0.717, 1.165) is 0 Å². The molecule has 2 atom stereocenters. The minimum atomic E-state index is -0.651. The van der Waals surface area contributed by atoms with Crippen LogP contribution in [0.25, 0.3) is 20.9 Å². The Balaban J connectivity index is 4.79. The molecule has 0 spiro atoms. The van der Waals surface area contributed by atoms with Crippen LogP contribution in [0, 0.1) is 0 Å². The highest BCUT2D eigenvalue weighted by Gasteiger charge is 2.32. The molecule has 0 radical (unpaired) electrons. The van der Waals surface area contributed by atoms with E-state index in [4.69, 9.17) is 26.0 Å². The molecule has 0 aliphatic carbocycles. The number of nitrogens with zero attached hydrogens (tertiary/aromatic N) is 6. The summed E-state index contributed by atoms with van der Waals surface area (Å²) in [6.07, 6.45) is 0.699. The maximum Gasteiger partial charge on any atom is 0.0638 e. The van der Waals surface area contributed by atoms with Crippen LogP contribution in [0.1, 0.15) is 40.5 Å². The normalized spacial score (nSPS) is 14.8. The largest absolute Gasteiger partial charge is 0.396 e. The Morgan fingerprint density at radius 1 is 0.905 bits per heavy atom. The van der Waals surface area contributed by atoms with Gasteiger partial charge >= 0.3 is 0 Å². The summed E-state index contributed by atoms with van der Waals surface area (Å²) in [7, 11) is 0. The summed E-state index contributed by atoms with van der Waals surface area (Å²) in [6.45, 7) is 6.79. The summed E-state index contributed by atoms with van der Waals surface area (Å²) in [5.74, 6) is 0. The van der Waals surface area contributed by atoms with Crippen LogP contribution in [0.15, 0.2) is 10.2 Å². The zero-order chi connectivity index (χ0) is 16.5. The van der Waals surface area contributed by atoms with Crippen LogP contribution >= 0.6 is 0 Å². The lowest BCUT2D eigenvalue weighted by atomic mass is 9.94. The van der Waals surface area contributed by atoms with Gasteiger partial charge in [-0.3, -0.25) is 0 Å². The third-order valence-corrected chi connectivity index (χ3v) is 2.86. The molecule has 9 nitrogen and oxygen atoms in total. The lowest BCUT2D eigenvalue weighted by Crippen LogP contribution is -2.41. The second-order valence-electron chi connectivity index (χ2n) is 6.11. The summed E-state index contributed by atoms with van der Waals surface area (Å²) < 4.78 is 5.99. The van der Waals surface area contributed by atoms with Crippen molar-refractivity contribution >= 4 is 0 Å². The maximum atomic E-state index is 9.16. The first-order valence-electron chi connectivity index (χ1n) is 6.70. The molecule has 0 fully saturated rings. The van der Waals surface area contributed by atoms with E-state index in [1.807, 2.05) is 27.7 Å². The molecular weight excluding hydrogens is 276 g/mol. The zero-order valence-electron chi connectivity index (χ0n) is 13.0. The molecule has 0 aromatic heterocycles. The van der Waals surface area contributed by atoms with E-state index in [1.165, 1.54) is 0 Å². The van der Waals surface area contributed by atoms with Gasteiger partial charge in [0.05, 0.1) is 36.5 Å². The highest BCUT2D eigenvalue weighted by atomic mass is 16.5. The summed E-state index contributed by atoms with van der Waals surface area (Å²) >= 11 is 0. The molecule has 0 heterocycles. The molecule has 0 aromatic carbocycles. The van der Waals surface area contributed by atoms with Crippen molar-refractivity contribution in [1.29, 1.82) is 0 Å². The molecular formula is C12H24N6O3. The Labute approximate surface area is 124 Å². The lowest BCUT2D eigenvalue weighted by molar-refractivity contribution is -0.135. The first-order valence-corrected chi connectivity index (χ1v) is 6.70. The van der Waals surface area contributed by atoms with Crippen molar-refractivity contribution in [3.05, 3.63) is 20.9 Å². The fraction of sp³-hybridized carbons (Fsp3) is 1.00. The topological polar surface area (TPSA) is 147 Å². The SMILES string of the molecule is CC(C)(CC(CO)N=[N+]=[N-])OC(C)(C)CC(CO)N=[N+]=[N-]. The summed E-state index contributed by atoms with van der Waals surface area (Å²) in [5, 5.41) is 25.3. The van der Waals surface area contributed by atoms with Gasteiger partial charge in [0, 0.05) is 9.82 Å². The minimum Gasteiger partial charge on any atom is -0.396 e. The van der Waals surface area contributed by atoms with Crippen molar-refractivity contribution in [2.75, 3.05) is 13.2 Å². The second-order valence-corrected chi connectivity index (χ2v) is 6.11. The van der Waals surface area contributed by atoms with Gasteiger partial charge in [-0.25, -0.2) is 0 Å². The smallest absolute Gasteiger partial charge is 0.0638 e. The van der Waals surface area contributed by atoms with E-state index in [1.54, 1.807) is 0 Å². The quantitative estimate of drug-likeness (QED) is 0.363. The van der Waals surface area contributed by atoms with Gasteiger partial charge in [0.25, 0.3) is 0 Å². The van der Waals surface area contributed by atoms with Crippen molar-refractivity contribution in [3.63, 3.8) is 0 Å². The van der Waals surface area contributed by atoms with Gasteiger partial charge in [0.2, 0.25) is 0 Å². The highest BCUT2D eigenvalue weighted by Crippen LogP contribution is 2.29. The van der Waals surface area contributed by atoms with Gasteiger partial charge in [0.15, 0.2) is 0 Å². The molecule has 0 aliphatic heterocycles. The predicted molar refractivity (Wildman–Crippen MR) is 78.5 cm³/mol. The van der Waals surface area contributed by atoms with Crippen molar-refractivity contribution < 1.29 is 14.9 Å². The van der Waals surface area contributed by atoms with Gasteiger partial charge in [-0.15, -0.1) is 0 Å². The Morgan fingerprint density at radius 2 is 1.24 bits per heavy atom. The molecule has 0 saturated heterocycles. The van der Waals surface area contributed by atoms with E-state index in [0.29, 0.717) is 12.8 Å². The number of hydrogen-bond acceptors (Lipinski definition) is 5. The van der Waals surface area contributed by atoms with Crippen molar-refractivity contribution in [2.24, 2.45) is 10.2 Å². The fourth-order valence-corrected chi connectivity index (χ4v) is 2.40. The van der Waals surface area contributed by atoms with Crippen LogP contribution in [0.4, 0.5) is 0 Å². The highest BCUT2D eigenvalue weighted by molar-refractivity contribution is 4.85. The average molecular weight is 300 g/mol. The molecule has 0 saturated carbocycles. The fourth-order valence-electron chi connectivity index (χ4n) is 2.40. The zero-order valence-corrected chi connectivity index (χ0v) is 13.0. The predicted octanol–water partition coefficient (Wildman–Crippen LogP) is 2.68. The third kappa shape index (κ3) is 8.39. The summed E-state index contributed by atoms with van der Waals surface area (Å²) in [4.78, 5) is 5.39. The van der Waals surface area contributed by atoms with E-state index >= 15 is 0 Å². The summed E-state index contributed by atoms with van der Waals surface area (Å²) in [5.41, 5.74) is 15.6. The van der Waals surface area contributed by atoms with Gasteiger partial charge in [-0.1, -0.05) is 10.2 Å². The van der Waals surface area contributed by atoms with E-state index in [9.17, 15) is 0 Å². The first kappa shape index (κ1) is 19.5. The molecule has 0 bridgehead atoms. The molecule has 0 amide bonds. The van der Waals surface area contributed by atoms with Gasteiger partial charge in [-0.05, 0) is 51.6 Å². The molecule has 0 aromatic rings. The van der Waals surface area contributed by atoms with Crippen molar-refractivity contribution in [3.8, 4) is 0 Å². The van der Waals surface area contributed by atoms with E-state index < -0.39 is 23.3 Å². The molecule has 21 heavy (non-hydrogen) atoms. The second kappa shape index (κ2) is 8.71. The number of rotatable bonds is 10. The Bertz CT molecular complexity index is 375. The molecule has 2 unspecified atom stereocenters. The Kier molecular flexibility index (Phi) is 8.09. The van der Waals surface area contributed by atoms with Crippen LogP contribution in [0.5, 0.6) is 0 Å². The first-order chi connectivity index (χ1) is 9.69. The van der Waals surface area contributed by atoms with E-state index in [2.05, 4.69) is 20.1 Å². The van der Waals surface area contributed by atoms with Crippen LogP contribution in [0.2, 0.25) is 0 Å². The summed E-state index contributed by atoms with van der Waals surface area (Å²) in [6, 6.07) is -1.13. The molecule has 0 rings (SSSR count). The monoisotopic (exact) mass is 300 g/mol. The van der Waals surface area contributed by atoms with Gasteiger partial charge in [0.1, 0.15) is 0 Å². The van der Waals surface area contributed by atoms with Crippen LogP contribution in [0.3, 0.4) is 0 Å². The number of aliphatic hydroxyl groups is 2. The number of azide groups is 2. The van der Waals surface area contributed by atoms with Crippen LogP contribution in [-0.2, 0) is 4.74 Å². The Hall–Kier alpha value is -1.50. The van der Waals surface area contributed by atoms with E-state index in [-0.39, 0.29) is 13.2 Å². The molecule has 9 heteroatoms. The number of ether oxygens (including phenoxy) is 1. The molecule has 0 aliphatic rings. The number of aliphatic hydroxyl groups excluding tert-OH is 2. The third-order valence-electron chi connectivity index (χ3n) is 2.86. The van der Waals surface area contributed by atoms with Crippen molar-refractivity contribution in [2.45, 2.75) is 63.8 Å². The van der Waals surface area contributed by atoms with Gasteiger partial charge in [-0.2, -0.15) is 0 Å². The average Bonchev–Trinajstić information content (AvgIpc) is 2.35. The maximum absolute atomic E-state index is 9.16. The van der Waals surface area contributed by atoms with Gasteiger partial charge < -0.3 is 14.9 Å².